The molecule has 35 heavy (non-hydrogen) atoms. The normalized spacial score (nSPS) is 11.8. The van der Waals surface area contributed by atoms with Crippen molar-refractivity contribution in [3.8, 4) is 11.5 Å². The maximum Gasteiger partial charge on any atom is 0.137 e. The van der Waals surface area contributed by atoms with Crippen molar-refractivity contribution in [1.82, 2.24) is 0 Å². The van der Waals surface area contributed by atoms with E-state index in [1.54, 1.807) is 24.3 Å². The summed E-state index contributed by atoms with van der Waals surface area (Å²) in [5.74, 6) is 0.324. The third-order valence-electron chi connectivity index (χ3n) is 4.55. The predicted molar refractivity (Wildman–Crippen MR) is 144 cm³/mol. The minimum Gasteiger partial charge on any atom is -0.493 e. The lowest BCUT2D eigenvalue weighted by atomic mass is 10.2. The van der Waals surface area contributed by atoms with Gasteiger partial charge in [0, 0.05) is 24.2 Å². The second kappa shape index (κ2) is 16.2. The van der Waals surface area contributed by atoms with Crippen molar-refractivity contribution in [3.63, 3.8) is 0 Å². The first-order valence-corrected chi connectivity index (χ1v) is 11.2. The van der Waals surface area contributed by atoms with Gasteiger partial charge in [0.1, 0.15) is 34.8 Å². The molecule has 0 bridgehead atoms. The fourth-order valence-corrected chi connectivity index (χ4v) is 3.04. The zero-order chi connectivity index (χ0) is 24.4. The number of rotatable bonds is 12. The minimum atomic E-state index is -0.460. The minimum absolute atomic E-state index is 0. The van der Waals surface area contributed by atoms with Crippen molar-refractivity contribution in [1.29, 1.82) is 0 Å². The van der Waals surface area contributed by atoms with Crippen LogP contribution in [0.5, 0.6) is 11.5 Å². The highest BCUT2D eigenvalue weighted by molar-refractivity contribution is 5.98. The van der Waals surface area contributed by atoms with Crippen molar-refractivity contribution in [3.05, 3.63) is 59.2 Å². The average Bonchev–Trinajstić information content (AvgIpc) is 2.72. The SMILES string of the molecule is CC(C)N=C(N)c1ccc(OCCCCCOc2ccc(C(N)=NC(C)C)c(F)c2)cc1F.Cl.Cl. The Morgan fingerprint density at radius 1 is 0.714 bits per heavy atom. The summed E-state index contributed by atoms with van der Waals surface area (Å²) in [5, 5.41) is 0. The van der Waals surface area contributed by atoms with Crippen molar-refractivity contribution < 1.29 is 18.3 Å². The van der Waals surface area contributed by atoms with Crippen molar-refractivity contribution >= 4 is 36.5 Å². The Labute approximate surface area is 219 Å². The molecule has 0 heterocycles. The number of hydrogen-bond acceptors (Lipinski definition) is 4. The van der Waals surface area contributed by atoms with Crippen LogP contribution in [-0.2, 0) is 0 Å². The molecular weight excluding hydrogens is 497 g/mol. The highest BCUT2D eigenvalue weighted by Gasteiger charge is 2.10. The van der Waals surface area contributed by atoms with Crippen LogP contribution in [0.1, 0.15) is 58.1 Å². The standard InChI is InChI=1S/C25H34F2N4O2.2ClH/c1-16(2)30-24(28)20-10-8-18(14-22(20)26)32-12-6-5-7-13-33-19-9-11-21(23(27)15-19)25(29)31-17(3)4;;/h8-11,14-17H,5-7,12-13H2,1-4H3,(H2,28,30)(H2,29,31);2*1H. The maximum absolute atomic E-state index is 14.2. The second-order valence-electron chi connectivity index (χ2n) is 8.26. The molecule has 0 spiro atoms. The van der Waals surface area contributed by atoms with E-state index in [9.17, 15) is 8.78 Å². The second-order valence-corrected chi connectivity index (χ2v) is 8.26. The van der Waals surface area contributed by atoms with Crippen LogP contribution < -0.4 is 20.9 Å². The molecule has 2 rings (SSSR count). The van der Waals surface area contributed by atoms with E-state index in [2.05, 4.69) is 9.98 Å². The van der Waals surface area contributed by atoms with Crippen LogP contribution in [0.4, 0.5) is 8.78 Å². The summed E-state index contributed by atoms with van der Waals surface area (Å²) in [6.45, 7) is 8.41. The van der Waals surface area contributed by atoms with Gasteiger partial charge in [-0.1, -0.05) is 0 Å². The molecule has 10 heteroatoms. The number of unbranched alkanes of at least 4 members (excludes halogenated alkanes) is 2. The molecule has 196 valence electrons. The predicted octanol–water partition coefficient (Wildman–Crippen LogP) is 5.66. The largest absolute Gasteiger partial charge is 0.493 e. The number of ether oxygens (including phenoxy) is 2. The number of nitrogens with zero attached hydrogens (tertiary/aromatic N) is 2. The van der Waals surface area contributed by atoms with E-state index in [0.29, 0.717) is 24.7 Å². The smallest absolute Gasteiger partial charge is 0.137 e. The summed E-state index contributed by atoms with van der Waals surface area (Å²) in [7, 11) is 0. The van der Waals surface area contributed by atoms with Crippen molar-refractivity contribution in [2.24, 2.45) is 21.5 Å². The molecule has 0 aliphatic rings. The molecule has 4 N–H and O–H groups in total. The molecule has 0 fully saturated rings. The molecule has 0 unspecified atom stereocenters. The third kappa shape index (κ3) is 11.1. The number of benzene rings is 2. The molecule has 0 aromatic heterocycles. The molecule has 0 atom stereocenters. The molecule has 0 amide bonds. The van der Waals surface area contributed by atoms with E-state index in [1.165, 1.54) is 12.1 Å². The van der Waals surface area contributed by atoms with Gasteiger partial charge in [-0.05, 0) is 71.2 Å². The Morgan fingerprint density at radius 2 is 1.09 bits per heavy atom. The fraction of sp³-hybridized carbons (Fsp3) is 0.440. The van der Waals surface area contributed by atoms with Gasteiger partial charge >= 0.3 is 0 Å². The Morgan fingerprint density at radius 3 is 1.40 bits per heavy atom. The van der Waals surface area contributed by atoms with Gasteiger partial charge in [-0.25, -0.2) is 8.78 Å². The fourth-order valence-electron chi connectivity index (χ4n) is 3.04. The number of aliphatic imine (C=N–C) groups is 2. The number of nitrogens with two attached hydrogens (primary N) is 2. The van der Waals surface area contributed by atoms with Crippen LogP contribution in [0.2, 0.25) is 0 Å². The highest BCUT2D eigenvalue weighted by Crippen LogP contribution is 2.19. The Balaban J connectivity index is 0.00000578. The van der Waals surface area contributed by atoms with Crippen LogP contribution in [0.25, 0.3) is 0 Å². The monoisotopic (exact) mass is 532 g/mol. The summed E-state index contributed by atoms with van der Waals surface area (Å²) >= 11 is 0. The topological polar surface area (TPSA) is 95.2 Å². The van der Waals surface area contributed by atoms with Crippen molar-refractivity contribution in [2.75, 3.05) is 13.2 Å². The third-order valence-corrected chi connectivity index (χ3v) is 4.55. The molecule has 6 nitrogen and oxygen atoms in total. The van der Waals surface area contributed by atoms with Gasteiger partial charge in [0.15, 0.2) is 0 Å². The van der Waals surface area contributed by atoms with Crippen molar-refractivity contribution in [2.45, 2.75) is 59.0 Å². The highest BCUT2D eigenvalue weighted by atomic mass is 35.5. The lowest BCUT2D eigenvalue weighted by Gasteiger charge is -2.10. The van der Waals surface area contributed by atoms with E-state index in [-0.39, 0.29) is 59.7 Å². The van der Waals surface area contributed by atoms with Crippen LogP contribution >= 0.6 is 24.8 Å². The van der Waals surface area contributed by atoms with Gasteiger partial charge < -0.3 is 20.9 Å². The Hall–Kier alpha value is -2.58. The summed E-state index contributed by atoms with van der Waals surface area (Å²) < 4.78 is 39.7. The quantitative estimate of drug-likeness (QED) is 0.209. The summed E-state index contributed by atoms with van der Waals surface area (Å²) in [6, 6.07) is 9.13. The lowest BCUT2D eigenvalue weighted by molar-refractivity contribution is 0.278. The Bertz CT molecular complexity index is 908. The van der Waals surface area contributed by atoms with E-state index in [0.717, 1.165) is 19.3 Å². The number of hydrogen-bond donors (Lipinski definition) is 2. The first-order chi connectivity index (χ1) is 15.7. The molecule has 0 saturated carbocycles. The summed E-state index contributed by atoms with van der Waals surface area (Å²) in [5.41, 5.74) is 12.2. The lowest BCUT2D eigenvalue weighted by Crippen LogP contribution is -2.17. The summed E-state index contributed by atoms with van der Waals surface area (Å²) in [6.07, 6.45) is 2.40. The summed E-state index contributed by atoms with van der Waals surface area (Å²) in [4.78, 5) is 8.32. The van der Waals surface area contributed by atoms with Gasteiger partial charge in [-0.2, -0.15) is 0 Å². The van der Waals surface area contributed by atoms with Gasteiger partial charge in [0.25, 0.3) is 0 Å². The number of halogens is 4. The first-order valence-electron chi connectivity index (χ1n) is 11.2. The van der Waals surface area contributed by atoms with E-state index < -0.39 is 11.6 Å². The van der Waals surface area contributed by atoms with E-state index in [1.807, 2.05) is 27.7 Å². The van der Waals surface area contributed by atoms with Gasteiger partial charge in [-0.3, -0.25) is 9.98 Å². The van der Waals surface area contributed by atoms with Crippen LogP contribution in [0, 0.1) is 11.6 Å². The molecule has 0 aliphatic heterocycles. The molecule has 0 saturated heterocycles. The number of amidine groups is 2. The molecular formula is C25H36Cl2F2N4O2. The Kier molecular flexibility index (Phi) is 15.0. The van der Waals surface area contributed by atoms with Crippen LogP contribution in [0.3, 0.4) is 0 Å². The van der Waals surface area contributed by atoms with Crippen LogP contribution in [-0.4, -0.2) is 37.0 Å². The zero-order valence-electron chi connectivity index (χ0n) is 20.6. The zero-order valence-corrected chi connectivity index (χ0v) is 22.2. The van der Waals surface area contributed by atoms with Gasteiger partial charge in [0.05, 0.1) is 24.3 Å². The molecule has 2 aromatic rings. The molecule has 0 radical (unpaired) electrons. The van der Waals surface area contributed by atoms with E-state index >= 15 is 0 Å². The van der Waals surface area contributed by atoms with Gasteiger partial charge in [-0.15, -0.1) is 24.8 Å². The maximum atomic E-state index is 14.2. The van der Waals surface area contributed by atoms with Gasteiger partial charge in [0.2, 0.25) is 0 Å². The average molecular weight is 533 g/mol. The first kappa shape index (κ1) is 32.4. The van der Waals surface area contributed by atoms with E-state index in [4.69, 9.17) is 20.9 Å². The molecule has 0 aliphatic carbocycles. The molecule has 2 aromatic carbocycles. The van der Waals surface area contributed by atoms with Crippen LogP contribution in [0.15, 0.2) is 46.4 Å².